The molecule has 2 rings (SSSR count). The van der Waals surface area contributed by atoms with Crippen molar-refractivity contribution in [1.29, 1.82) is 0 Å². The van der Waals surface area contributed by atoms with Crippen LogP contribution in [0.15, 0.2) is 0 Å². The third-order valence-corrected chi connectivity index (χ3v) is 3.96. The Morgan fingerprint density at radius 2 is 1.82 bits per heavy atom. The Morgan fingerprint density at radius 3 is 2.41 bits per heavy atom. The van der Waals surface area contributed by atoms with E-state index >= 15 is 0 Å². The van der Waals surface area contributed by atoms with E-state index in [0.29, 0.717) is 13.0 Å². The Bertz CT molecular complexity index is 319. The van der Waals surface area contributed by atoms with Crippen LogP contribution in [0.2, 0.25) is 0 Å². The highest BCUT2D eigenvalue weighted by Gasteiger charge is 2.45. The van der Waals surface area contributed by atoms with Gasteiger partial charge in [0.1, 0.15) is 5.54 Å². The first-order valence-electron chi connectivity index (χ1n) is 6.67. The van der Waals surface area contributed by atoms with Gasteiger partial charge in [-0.1, -0.05) is 19.3 Å². The topological polar surface area (TPSA) is 49.4 Å². The number of nitrogens with one attached hydrogen (secondary N) is 1. The Labute approximate surface area is 103 Å². The second kappa shape index (κ2) is 4.67. The third-order valence-electron chi connectivity index (χ3n) is 3.96. The summed E-state index contributed by atoms with van der Waals surface area (Å²) in [7, 11) is 0. The molecule has 1 saturated heterocycles. The zero-order chi connectivity index (χ0) is 12.5. The summed E-state index contributed by atoms with van der Waals surface area (Å²) in [6.07, 6.45) is 5.30. The Hall–Kier alpha value is -1.06. The van der Waals surface area contributed by atoms with Crippen LogP contribution in [-0.4, -0.2) is 34.8 Å². The number of nitrogens with zero attached hydrogens (tertiary/aromatic N) is 1. The average Bonchev–Trinajstić information content (AvgIpc) is 2.39. The summed E-state index contributed by atoms with van der Waals surface area (Å²) in [6.45, 7) is 4.60. The number of hydrogen-bond acceptors (Lipinski definition) is 2. The summed E-state index contributed by atoms with van der Waals surface area (Å²) in [5.74, 6) is 0.168. The van der Waals surface area contributed by atoms with E-state index in [1.165, 1.54) is 6.42 Å². The van der Waals surface area contributed by atoms with Crippen LogP contribution in [0, 0.1) is 0 Å². The second-order valence-corrected chi connectivity index (χ2v) is 5.53. The molecular formula is C13H22N2O2. The predicted octanol–water partition coefficient (Wildman–Crippen LogP) is 1.45. The molecule has 96 valence electrons. The van der Waals surface area contributed by atoms with Gasteiger partial charge >= 0.3 is 0 Å². The minimum Gasteiger partial charge on any atom is -0.342 e. The first-order valence-corrected chi connectivity index (χ1v) is 6.67. The van der Waals surface area contributed by atoms with E-state index in [9.17, 15) is 9.59 Å². The normalized spacial score (nSPS) is 25.0. The number of hydrogen-bond donors (Lipinski definition) is 1. The molecule has 0 aromatic carbocycles. The van der Waals surface area contributed by atoms with Crippen molar-refractivity contribution in [2.75, 3.05) is 6.54 Å². The smallest absolute Gasteiger partial charge is 0.248 e. The minimum atomic E-state index is -0.587. The molecule has 0 bridgehead atoms. The van der Waals surface area contributed by atoms with E-state index in [4.69, 9.17) is 0 Å². The third kappa shape index (κ3) is 2.31. The molecule has 0 aromatic rings. The lowest BCUT2D eigenvalue weighted by atomic mass is 9.80. The lowest BCUT2D eigenvalue weighted by Crippen LogP contribution is -2.59. The fourth-order valence-corrected chi connectivity index (χ4v) is 2.97. The molecule has 1 spiro atoms. The van der Waals surface area contributed by atoms with Crippen LogP contribution in [0.25, 0.3) is 0 Å². The Balaban J connectivity index is 2.27. The standard InChI is InChI=1S/C13H22N2O2/c1-10(2)15-9-6-11(16)14-13(12(15)17)7-4-3-5-8-13/h10H,3-9H2,1-2H3,(H,14,16). The fourth-order valence-electron chi connectivity index (χ4n) is 2.97. The molecule has 0 unspecified atom stereocenters. The van der Waals surface area contributed by atoms with Crippen LogP contribution >= 0.6 is 0 Å². The van der Waals surface area contributed by atoms with Crippen molar-refractivity contribution in [2.24, 2.45) is 0 Å². The molecule has 1 aliphatic carbocycles. The molecule has 2 fully saturated rings. The lowest BCUT2D eigenvalue weighted by molar-refractivity contribution is -0.141. The molecule has 4 heteroatoms. The van der Waals surface area contributed by atoms with Crippen molar-refractivity contribution in [2.45, 2.75) is 64.0 Å². The van der Waals surface area contributed by atoms with E-state index in [1.54, 1.807) is 0 Å². The van der Waals surface area contributed by atoms with Crippen LogP contribution in [0.3, 0.4) is 0 Å². The molecule has 1 N–H and O–H groups in total. The van der Waals surface area contributed by atoms with Crippen LogP contribution in [-0.2, 0) is 9.59 Å². The van der Waals surface area contributed by atoms with Crippen LogP contribution in [0.4, 0.5) is 0 Å². The van der Waals surface area contributed by atoms with Gasteiger partial charge in [-0.3, -0.25) is 9.59 Å². The second-order valence-electron chi connectivity index (χ2n) is 5.53. The van der Waals surface area contributed by atoms with E-state index in [0.717, 1.165) is 25.7 Å². The molecule has 2 amide bonds. The fraction of sp³-hybridized carbons (Fsp3) is 0.846. The van der Waals surface area contributed by atoms with Gasteiger partial charge in [-0.25, -0.2) is 0 Å². The molecule has 2 aliphatic rings. The van der Waals surface area contributed by atoms with Gasteiger partial charge in [0.15, 0.2) is 0 Å². The maximum absolute atomic E-state index is 12.6. The van der Waals surface area contributed by atoms with Crippen LogP contribution in [0.5, 0.6) is 0 Å². The van der Waals surface area contributed by atoms with Crippen LogP contribution in [0.1, 0.15) is 52.4 Å². The lowest BCUT2D eigenvalue weighted by Gasteiger charge is -2.39. The van der Waals surface area contributed by atoms with Crippen molar-refractivity contribution in [1.82, 2.24) is 10.2 Å². The molecule has 1 aliphatic heterocycles. The van der Waals surface area contributed by atoms with Gasteiger partial charge in [0.05, 0.1) is 0 Å². The molecule has 0 radical (unpaired) electrons. The van der Waals surface area contributed by atoms with Gasteiger partial charge in [0.25, 0.3) is 0 Å². The van der Waals surface area contributed by atoms with Gasteiger partial charge in [-0.05, 0) is 26.7 Å². The summed E-state index contributed by atoms with van der Waals surface area (Å²) in [5, 5.41) is 3.00. The van der Waals surface area contributed by atoms with Crippen LogP contribution < -0.4 is 5.32 Å². The zero-order valence-corrected chi connectivity index (χ0v) is 10.8. The van der Waals surface area contributed by atoms with Gasteiger partial charge in [-0.2, -0.15) is 0 Å². The number of carbonyl (C=O) groups is 2. The highest BCUT2D eigenvalue weighted by Crippen LogP contribution is 2.32. The SMILES string of the molecule is CC(C)N1CCC(=O)NC2(CCCCC2)C1=O. The highest BCUT2D eigenvalue weighted by atomic mass is 16.2. The van der Waals surface area contributed by atoms with Gasteiger partial charge in [0.2, 0.25) is 11.8 Å². The van der Waals surface area contributed by atoms with Gasteiger partial charge < -0.3 is 10.2 Å². The molecular weight excluding hydrogens is 216 g/mol. The number of carbonyl (C=O) groups excluding carboxylic acids is 2. The molecule has 4 nitrogen and oxygen atoms in total. The summed E-state index contributed by atoms with van der Waals surface area (Å²) in [5.41, 5.74) is -0.587. The van der Waals surface area contributed by atoms with E-state index < -0.39 is 5.54 Å². The average molecular weight is 238 g/mol. The highest BCUT2D eigenvalue weighted by molar-refractivity contribution is 5.93. The number of rotatable bonds is 1. The predicted molar refractivity (Wildman–Crippen MR) is 65.4 cm³/mol. The molecule has 17 heavy (non-hydrogen) atoms. The summed E-state index contributed by atoms with van der Waals surface area (Å²) in [4.78, 5) is 26.3. The first-order chi connectivity index (χ1) is 8.05. The van der Waals surface area contributed by atoms with Gasteiger partial charge in [0, 0.05) is 19.0 Å². The van der Waals surface area contributed by atoms with Gasteiger partial charge in [-0.15, -0.1) is 0 Å². The maximum atomic E-state index is 12.6. The van der Waals surface area contributed by atoms with E-state index in [2.05, 4.69) is 5.32 Å². The molecule has 1 saturated carbocycles. The van der Waals surface area contributed by atoms with E-state index in [-0.39, 0.29) is 17.9 Å². The summed E-state index contributed by atoms with van der Waals surface area (Å²) in [6, 6.07) is 0.175. The monoisotopic (exact) mass is 238 g/mol. The minimum absolute atomic E-state index is 0.0309. The Morgan fingerprint density at radius 1 is 1.18 bits per heavy atom. The molecule has 1 heterocycles. The maximum Gasteiger partial charge on any atom is 0.248 e. The Kier molecular flexibility index (Phi) is 3.40. The molecule has 0 atom stereocenters. The number of amides is 2. The van der Waals surface area contributed by atoms with Crippen molar-refractivity contribution in [3.8, 4) is 0 Å². The van der Waals surface area contributed by atoms with Crippen molar-refractivity contribution in [3.63, 3.8) is 0 Å². The van der Waals surface area contributed by atoms with Crippen molar-refractivity contribution < 1.29 is 9.59 Å². The quantitative estimate of drug-likeness (QED) is 0.751. The van der Waals surface area contributed by atoms with Crippen molar-refractivity contribution >= 4 is 11.8 Å². The first kappa shape index (κ1) is 12.4. The summed E-state index contributed by atoms with van der Waals surface area (Å²) >= 11 is 0. The largest absolute Gasteiger partial charge is 0.342 e. The molecule has 0 aromatic heterocycles. The zero-order valence-electron chi connectivity index (χ0n) is 10.8. The summed E-state index contributed by atoms with van der Waals surface area (Å²) < 4.78 is 0. The van der Waals surface area contributed by atoms with E-state index in [1.807, 2.05) is 18.7 Å². The van der Waals surface area contributed by atoms with Crippen molar-refractivity contribution in [3.05, 3.63) is 0 Å².